The van der Waals surface area contributed by atoms with Crippen LogP contribution in [0.5, 0.6) is 0 Å². The third-order valence-electron chi connectivity index (χ3n) is 3.24. The minimum Gasteiger partial charge on any atom is -0.298 e. The van der Waals surface area contributed by atoms with Gasteiger partial charge in [-0.3, -0.25) is 4.79 Å². The van der Waals surface area contributed by atoms with Crippen LogP contribution in [0.1, 0.15) is 27.2 Å². The number of nitrogens with one attached hydrogen (secondary N) is 1. The van der Waals surface area contributed by atoms with E-state index in [1.807, 2.05) is 12.1 Å². The summed E-state index contributed by atoms with van der Waals surface area (Å²) in [6.07, 6.45) is 0.871. The zero-order valence-corrected chi connectivity index (χ0v) is 13.0. The Balaban J connectivity index is 2.05. The number of rotatable bonds is 6. The standard InChI is InChI=1S/C17H21NOS/c1-12(2)10-17(13(3)19)18-20-16-9-8-14-6-4-5-7-15(14)11-16/h4-9,11-12,17-18H,10H2,1-3H3. The molecule has 0 spiro atoms. The Kier molecular flexibility index (Phi) is 5.21. The molecule has 2 rings (SSSR count). The van der Waals surface area contributed by atoms with Crippen molar-refractivity contribution in [2.45, 2.75) is 38.1 Å². The molecule has 1 unspecified atom stereocenters. The highest BCUT2D eigenvalue weighted by Crippen LogP contribution is 2.23. The highest BCUT2D eigenvalue weighted by molar-refractivity contribution is 7.97. The second-order valence-electron chi connectivity index (χ2n) is 5.52. The molecule has 0 aliphatic heterocycles. The van der Waals surface area contributed by atoms with Crippen molar-refractivity contribution >= 4 is 28.5 Å². The maximum atomic E-state index is 11.6. The highest BCUT2D eigenvalue weighted by Gasteiger charge is 2.15. The first-order valence-corrected chi connectivity index (χ1v) is 7.79. The number of fused-ring (bicyclic) bond motifs is 1. The number of hydrogen-bond acceptors (Lipinski definition) is 3. The van der Waals surface area contributed by atoms with Crippen LogP contribution >= 0.6 is 11.9 Å². The first-order valence-electron chi connectivity index (χ1n) is 6.98. The van der Waals surface area contributed by atoms with Gasteiger partial charge >= 0.3 is 0 Å². The van der Waals surface area contributed by atoms with Crippen molar-refractivity contribution < 1.29 is 4.79 Å². The number of carbonyl (C=O) groups is 1. The summed E-state index contributed by atoms with van der Waals surface area (Å²) in [6.45, 7) is 5.93. The molecule has 0 fully saturated rings. The Morgan fingerprint density at radius 1 is 1.15 bits per heavy atom. The average Bonchev–Trinajstić information content (AvgIpc) is 2.42. The van der Waals surface area contributed by atoms with Crippen LogP contribution in [0, 0.1) is 5.92 Å². The Morgan fingerprint density at radius 3 is 2.50 bits per heavy atom. The lowest BCUT2D eigenvalue weighted by Crippen LogP contribution is -2.31. The van der Waals surface area contributed by atoms with Gasteiger partial charge in [0.2, 0.25) is 0 Å². The lowest BCUT2D eigenvalue weighted by atomic mass is 10.0. The van der Waals surface area contributed by atoms with Gasteiger partial charge in [0.15, 0.2) is 0 Å². The van der Waals surface area contributed by atoms with Gasteiger partial charge in [-0.2, -0.15) is 0 Å². The molecule has 3 heteroatoms. The van der Waals surface area contributed by atoms with Gasteiger partial charge in [0.25, 0.3) is 0 Å². The molecular formula is C17H21NOS. The van der Waals surface area contributed by atoms with Crippen LogP contribution in [0.3, 0.4) is 0 Å². The second kappa shape index (κ2) is 6.91. The van der Waals surface area contributed by atoms with E-state index in [1.165, 1.54) is 10.8 Å². The molecule has 0 amide bonds. The Morgan fingerprint density at radius 2 is 1.85 bits per heavy atom. The summed E-state index contributed by atoms with van der Waals surface area (Å²) >= 11 is 1.54. The zero-order valence-electron chi connectivity index (χ0n) is 12.2. The Labute approximate surface area is 125 Å². The molecule has 1 N–H and O–H groups in total. The Hall–Kier alpha value is -1.32. The van der Waals surface area contributed by atoms with Crippen molar-refractivity contribution in [1.29, 1.82) is 0 Å². The molecule has 0 aliphatic carbocycles. The average molecular weight is 287 g/mol. The van der Waals surface area contributed by atoms with E-state index in [9.17, 15) is 4.79 Å². The van der Waals surface area contributed by atoms with Crippen LogP contribution in [0.2, 0.25) is 0 Å². The normalized spacial score (nSPS) is 12.8. The van der Waals surface area contributed by atoms with Crippen LogP contribution in [0.4, 0.5) is 0 Å². The smallest absolute Gasteiger partial charge is 0.147 e. The maximum absolute atomic E-state index is 11.6. The first-order chi connectivity index (χ1) is 9.56. The Bertz CT molecular complexity index is 594. The van der Waals surface area contributed by atoms with E-state index in [0.717, 1.165) is 11.3 Å². The minimum absolute atomic E-state index is 0.0773. The molecule has 2 nitrogen and oxygen atoms in total. The molecular weight excluding hydrogens is 266 g/mol. The molecule has 0 aliphatic rings. The van der Waals surface area contributed by atoms with Crippen molar-refractivity contribution in [2.24, 2.45) is 5.92 Å². The lowest BCUT2D eigenvalue weighted by molar-refractivity contribution is -0.118. The predicted octanol–water partition coefficient (Wildman–Crippen LogP) is 4.44. The second-order valence-corrected chi connectivity index (χ2v) is 6.43. The van der Waals surface area contributed by atoms with Crippen molar-refractivity contribution in [2.75, 3.05) is 0 Å². The summed E-state index contributed by atoms with van der Waals surface area (Å²) in [5.74, 6) is 0.709. The molecule has 2 aromatic carbocycles. The maximum Gasteiger partial charge on any atom is 0.147 e. The van der Waals surface area contributed by atoms with Gasteiger partial charge in [-0.05, 0) is 54.1 Å². The van der Waals surface area contributed by atoms with Gasteiger partial charge in [0.1, 0.15) is 5.78 Å². The van der Waals surface area contributed by atoms with Gasteiger partial charge < -0.3 is 0 Å². The van der Waals surface area contributed by atoms with Crippen LogP contribution in [-0.4, -0.2) is 11.8 Å². The summed E-state index contributed by atoms with van der Waals surface area (Å²) in [4.78, 5) is 12.8. The van der Waals surface area contributed by atoms with E-state index < -0.39 is 0 Å². The summed E-state index contributed by atoms with van der Waals surface area (Å²) in [5, 5.41) is 2.46. The summed E-state index contributed by atoms with van der Waals surface area (Å²) < 4.78 is 3.30. The van der Waals surface area contributed by atoms with E-state index in [-0.39, 0.29) is 11.8 Å². The molecule has 20 heavy (non-hydrogen) atoms. The fourth-order valence-corrected chi connectivity index (χ4v) is 3.00. The van der Waals surface area contributed by atoms with E-state index in [4.69, 9.17) is 0 Å². The van der Waals surface area contributed by atoms with Crippen LogP contribution in [0.15, 0.2) is 47.4 Å². The van der Waals surface area contributed by atoms with Crippen LogP contribution < -0.4 is 4.72 Å². The van der Waals surface area contributed by atoms with Crippen molar-refractivity contribution in [3.05, 3.63) is 42.5 Å². The molecule has 0 heterocycles. The van der Waals surface area contributed by atoms with Gasteiger partial charge in [-0.15, -0.1) is 0 Å². The molecule has 0 saturated heterocycles. The van der Waals surface area contributed by atoms with Crippen LogP contribution in [0.25, 0.3) is 10.8 Å². The third-order valence-corrected chi connectivity index (χ3v) is 4.13. The minimum atomic E-state index is -0.0773. The van der Waals surface area contributed by atoms with Gasteiger partial charge in [0.05, 0.1) is 6.04 Å². The van der Waals surface area contributed by atoms with E-state index in [2.05, 4.69) is 48.9 Å². The molecule has 0 saturated carbocycles. The fourth-order valence-electron chi connectivity index (χ4n) is 2.14. The highest BCUT2D eigenvalue weighted by atomic mass is 32.2. The van der Waals surface area contributed by atoms with Gasteiger partial charge in [-0.1, -0.05) is 44.2 Å². The number of carbonyl (C=O) groups excluding carboxylic acids is 1. The number of hydrogen-bond donors (Lipinski definition) is 1. The fraction of sp³-hybridized carbons (Fsp3) is 0.353. The number of benzene rings is 2. The van der Waals surface area contributed by atoms with E-state index >= 15 is 0 Å². The molecule has 0 radical (unpaired) electrons. The topological polar surface area (TPSA) is 29.1 Å². The lowest BCUT2D eigenvalue weighted by Gasteiger charge is -2.17. The van der Waals surface area contributed by atoms with Gasteiger partial charge in [0, 0.05) is 4.90 Å². The van der Waals surface area contributed by atoms with Crippen molar-refractivity contribution in [1.82, 2.24) is 4.72 Å². The van der Waals surface area contributed by atoms with E-state index in [1.54, 1.807) is 18.9 Å². The summed E-state index contributed by atoms with van der Waals surface area (Å²) in [5.41, 5.74) is 0. The molecule has 0 bridgehead atoms. The monoisotopic (exact) mass is 287 g/mol. The summed E-state index contributed by atoms with van der Waals surface area (Å²) in [6, 6.07) is 14.6. The largest absolute Gasteiger partial charge is 0.298 e. The van der Waals surface area contributed by atoms with Crippen molar-refractivity contribution in [3.8, 4) is 0 Å². The molecule has 106 valence electrons. The zero-order chi connectivity index (χ0) is 14.5. The third kappa shape index (κ3) is 4.09. The quantitative estimate of drug-likeness (QED) is 0.796. The van der Waals surface area contributed by atoms with Crippen LogP contribution in [-0.2, 0) is 4.79 Å². The number of Topliss-reactive ketones (excluding diaryl/α,β-unsaturated/α-hetero) is 1. The van der Waals surface area contributed by atoms with Gasteiger partial charge in [-0.25, -0.2) is 4.72 Å². The molecule has 0 aromatic heterocycles. The van der Waals surface area contributed by atoms with E-state index in [0.29, 0.717) is 5.92 Å². The van der Waals surface area contributed by atoms with Crippen molar-refractivity contribution in [3.63, 3.8) is 0 Å². The SMILES string of the molecule is CC(=O)C(CC(C)C)NSc1ccc2ccccc2c1. The number of ketones is 1. The molecule has 1 atom stereocenters. The predicted molar refractivity (Wildman–Crippen MR) is 86.9 cm³/mol. The molecule has 2 aromatic rings. The summed E-state index contributed by atoms with van der Waals surface area (Å²) in [7, 11) is 0. The first kappa shape index (κ1) is 15.1.